The van der Waals surface area contributed by atoms with Crippen LogP contribution in [0, 0.1) is 23.0 Å². The maximum atomic E-state index is 12.6. The van der Waals surface area contributed by atoms with E-state index in [-0.39, 0.29) is 24.9 Å². The SMILES string of the molecule is CCOc1nc(C)c([N+](=O)[O-])c(C(=O)OCc2cnn(C3CN4CCC3CC4)c2)n1. The molecule has 3 aliphatic heterocycles. The number of esters is 1. The van der Waals surface area contributed by atoms with Gasteiger partial charge in [0.1, 0.15) is 12.3 Å². The summed E-state index contributed by atoms with van der Waals surface area (Å²) in [6.45, 7) is 6.65. The van der Waals surface area contributed by atoms with Gasteiger partial charge in [-0.15, -0.1) is 0 Å². The molecule has 2 bridgehead atoms. The van der Waals surface area contributed by atoms with Crippen molar-refractivity contribution in [2.45, 2.75) is 39.3 Å². The molecule has 1 atom stereocenters. The topological polar surface area (TPSA) is 126 Å². The molecule has 3 saturated heterocycles. The molecule has 11 heteroatoms. The number of hydrogen-bond donors (Lipinski definition) is 0. The second-order valence-electron chi connectivity index (χ2n) is 7.59. The number of carbonyl (C=O) groups excluding carboxylic acids is 1. The normalized spacial score (nSPS) is 22.7. The van der Waals surface area contributed by atoms with Crippen molar-refractivity contribution in [3.8, 4) is 6.01 Å². The molecule has 11 nitrogen and oxygen atoms in total. The standard InChI is InChI=1S/C19H24N6O5/c1-3-29-19-21-12(2)17(25(27)28)16(22-19)18(26)30-11-13-8-20-24(9-13)15-10-23-6-4-14(15)5-7-23/h8-9,14-15H,3-7,10-11H2,1-2H3. The van der Waals surface area contributed by atoms with Gasteiger partial charge in [-0.3, -0.25) is 14.8 Å². The summed E-state index contributed by atoms with van der Waals surface area (Å²) in [6, 6.07) is 0.235. The number of nitro groups is 1. The van der Waals surface area contributed by atoms with Crippen LogP contribution < -0.4 is 4.74 Å². The Morgan fingerprint density at radius 1 is 1.33 bits per heavy atom. The number of fused-ring (bicyclic) bond motifs is 3. The Bertz CT molecular complexity index is 953. The Hall–Kier alpha value is -3.08. The number of hydrogen-bond acceptors (Lipinski definition) is 9. The molecule has 2 aromatic rings. The molecule has 0 radical (unpaired) electrons. The zero-order valence-electron chi connectivity index (χ0n) is 17.0. The van der Waals surface area contributed by atoms with Crippen molar-refractivity contribution in [2.75, 3.05) is 26.2 Å². The van der Waals surface area contributed by atoms with E-state index >= 15 is 0 Å². The summed E-state index contributed by atoms with van der Waals surface area (Å²) in [6.07, 6.45) is 5.89. The van der Waals surface area contributed by atoms with Gasteiger partial charge < -0.3 is 14.4 Å². The van der Waals surface area contributed by atoms with Gasteiger partial charge in [0, 0.05) is 18.3 Å². The van der Waals surface area contributed by atoms with Gasteiger partial charge in [-0.25, -0.2) is 4.79 Å². The average Bonchev–Trinajstić information content (AvgIpc) is 3.21. The molecule has 2 aromatic heterocycles. The summed E-state index contributed by atoms with van der Waals surface area (Å²) in [7, 11) is 0. The number of carbonyl (C=O) groups is 1. The Morgan fingerprint density at radius 3 is 2.73 bits per heavy atom. The zero-order chi connectivity index (χ0) is 21.3. The number of aryl methyl sites for hydroxylation is 1. The lowest BCUT2D eigenvalue weighted by atomic mass is 9.84. The summed E-state index contributed by atoms with van der Waals surface area (Å²) in [5.74, 6) is -0.280. The quantitative estimate of drug-likeness (QED) is 0.378. The number of aromatic nitrogens is 4. The van der Waals surface area contributed by atoms with Crippen molar-refractivity contribution in [3.05, 3.63) is 39.5 Å². The molecule has 1 unspecified atom stereocenters. The Labute approximate surface area is 173 Å². The van der Waals surface area contributed by atoms with Crippen LogP contribution in [0.3, 0.4) is 0 Å². The lowest BCUT2D eigenvalue weighted by Crippen LogP contribution is -2.48. The van der Waals surface area contributed by atoms with Crippen molar-refractivity contribution in [3.63, 3.8) is 0 Å². The molecule has 0 spiro atoms. The minimum absolute atomic E-state index is 0.0422. The first-order chi connectivity index (χ1) is 14.5. The fourth-order valence-electron chi connectivity index (χ4n) is 4.18. The summed E-state index contributed by atoms with van der Waals surface area (Å²) in [5, 5.41) is 15.8. The van der Waals surface area contributed by atoms with Crippen molar-refractivity contribution >= 4 is 11.7 Å². The third-order valence-corrected chi connectivity index (χ3v) is 5.67. The second-order valence-corrected chi connectivity index (χ2v) is 7.59. The van der Waals surface area contributed by atoms with E-state index in [4.69, 9.17) is 9.47 Å². The minimum Gasteiger partial charge on any atom is -0.464 e. The Kier molecular flexibility index (Phi) is 5.62. The molecule has 3 aliphatic rings. The van der Waals surface area contributed by atoms with E-state index in [9.17, 15) is 14.9 Å². The van der Waals surface area contributed by atoms with Crippen molar-refractivity contribution in [1.29, 1.82) is 0 Å². The van der Waals surface area contributed by atoms with Gasteiger partial charge in [0.15, 0.2) is 0 Å². The van der Waals surface area contributed by atoms with Gasteiger partial charge in [-0.05, 0) is 45.7 Å². The molecule has 0 aliphatic carbocycles. The lowest BCUT2D eigenvalue weighted by molar-refractivity contribution is -0.386. The molecule has 5 heterocycles. The molecular weight excluding hydrogens is 392 g/mol. The Balaban J connectivity index is 1.46. The molecule has 0 aromatic carbocycles. The van der Waals surface area contributed by atoms with Crippen LogP contribution in [0.1, 0.15) is 47.6 Å². The maximum Gasteiger partial charge on any atom is 0.364 e. The van der Waals surface area contributed by atoms with E-state index < -0.39 is 22.3 Å². The van der Waals surface area contributed by atoms with Crippen LogP contribution in [-0.4, -0.2) is 61.8 Å². The molecule has 0 N–H and O–H groups in total. The van der Waals surface area contributed by atoms with Gasteiger partial charge in [-0.1, -0.05) is 0 Å². The average molecular weight is 416 g/mol. The molecular formula is C19H24N6O5. The molecule has 0 saturated carbocycles. The van der Waals surface area contributed by atoms with Crippen LogP contribution in [0.15, 0.2) is 12.4 Å². The fraction of sp³-hybridized carbons (Fsp3) is 0.579. The largest absolute Gasteiger partial charge is 0.464 e. The third kappa shape index (κ3) is 3.97. The van der Waals surface area contributed by atoms with Crippen molar-refractivity contribution < 1.29 is 19.2 Å². The van der Waals surface area contributed by atoms with E-state index in [1.807, 2.05) is 10.9 Å². The molecule has 30 heavy (non-hydrogen) atoms. The van der Waals surface area contributed by atoms with Gasteiger partial charge in [0.25, 0.3) is 0 Å². The van der Waals surface area contributed by atoms with Crippen LogP contribution >= 0.6 is 0 Å². The van der Waals surface area contributed by atoms with Gasteiger partial charge in [0.2, 0.25) is 5.69 Å². The monoisotopic (exact) mass is 416 g/mol. The van der Waals surface area contributed by atoms with E-state index in [1.54, 1.807) is 13.1 Å². The lowest BCUT2D eigenvalue weighted by Gasteiger charge is -2.44. The van der Waals surface area contributed by atoms with Gasteiger partial charge >= 0.3 is 17.7 Å². The highest BCUT2D eigenvalue weighted by Gasteiger charge is 2.35. The van der Waals surface area contributed by atoms with Crippen molar-refractivity contribution in [2.24, 2.45) is 5.92 Å². The number of ether oxygens (including phenoxy) is 2. The van der Waals surface area contributed by atoms with Gasteiger partial charge in [-0.2, -0.15) is 15.1 Å². The van der Waals surface area contributed by atoms with Crippen LogP contribution in [0.2, 0.25) is 0 Å². The zero-order valence-corrected chi connectivity index (χ0v) is 17.0. The summed E-state index contributed by atoms with van der Waals surface area (Å²) in [5.41, 5.74) is -0.133. The summed E-state index contributed by atoms with van der Waals surface area (Å²) in [4.78, 5) is 33.5. The highest BCUT2D eigenvalue weighted by molar-refractivity contribution is 5.92. The van der Waals surface area contributed by atoms with E-state index in [2.05, 4.69) is 20.0 Å². The molecule has 5 rings (SSSR count). The van der Waals surface area contributed by atoms with Crippen LogP contribution in [0.25, 0.3) is 0 Å². The van der Waals surface area contributed by atoms with Crippen molar-refractivity contribution in [1.82, 2.24) is 24.6 Å². The molecule has 160 valence electrons. The van der Waals surface area contributed by atoms with Crippen LogP contribution in [-0.2, 0) is 11.3 Å². The molecule has 3 fully saturated rings. The molecule has 0 amide bonds. The maximum absolute atomic E-state index is 12.6. The smallest absolute Gasteiger partial charge is 0.364 e. The summed E-state index contributed by atoms with van der Waals surface area (Å²) < 4.78 is 12.5. The first kappa shape index (κ1) is 20.2. The highest BCUT2D eigenvalue weighted by atomic mass is 16.6. The minimum atomic E-state index is -0.899. The van der Waals surface area contributed by atoms with Crippen LogP contribution in [0.5, 0.6) is 6.01 Å². The first-order valence-electron chi connectivity index (χ1n) is 10.0. The predicted molar refractivity (Wildman–Crippen MR) is 104 cm³/mol. The van der Waals surface area contributed by atoms with E-state index in [0.717, 1.165) is 25.2 Å². The highest BCUT2D eigenvalue weighted by Crippen LogP contribution is 2.35. The fourth-order valence-corrected chi connectivity index (χ4v) is 4.18. The van der Waals surface area contributed by atoms with E-state index in [1.165, 1.54) is 19.8 Å². The van der Waals surface area contributed by atoms with E-state index in [0.29, 0.717) is 12.0 Å². The number of nitrogens with zero attached hydrogens (tertiary/aromatic N) is 6. The Morgan fingerprint density at radius 2 is 2.10 bits per heavy atom. The third-order valence-electron chi connectivity index (χ3n) is 5.67. The first-order valence-corrected chi connectivity index (χ1v) is 10.0. The second kappa shape index (κ2) is 8.34. The van der Waals surface area contributed by atoms with Gasteiger partial charge in [0.05, 0.1) is 23.8 Å². The number of rotatable bonds is 7. The number of piperidine rings is 3. The summed E-state index contributed by atoms with van der Waals surface area (Å²) >= 11 is 0. The predicted octanol–water partition coefficient (Wildman–Crippen LogP) is 1.91. The van der Waals surface area contributed by atoms with Crippen LogP contribution in [0.4, 0.5) is 5.69 Å².